The number of benzene rings is 2. The molecule has 0 saturated heterocycles. The van der Waals surface area contributed by atoms with Crippen molar-refractivity contribution in [3.8, 4) is 17.1 Å². The Labute approximate surface area is 176 Å². The van der Waals surface area contributed by atoms with Crippen LogP contribution in [0.15, 0.2) is 53.3 Å². The molecule has 0 aliphatic heterocycles. The topological polar surface area (TPSA) is 82.8 Å². The molecule has 0 N–H and O–H groups in total. The number of hydrogen-bond donors (Lipinski definition) is 0. The molecule has 0 aliphatic carbocycles. The first-order valence-corrected chi connectivity index (χ1v) is 10.2. The second-order valence-electron chi connectivity index (χ2n) is 6.53. The van der Waals surface area contributed by atoms with E-state index in [0.717, 1.165) is 23.3 Å². The second kappa shape index (κ2) is 8.46. The van der Waals surface area contributed by atoms with Gasteiger partial charge in [-0.15, -0.1) is 5.10 Å². The lowest BCUT2D eigenvalue weighted by Gasteiger charge is -2.04. The Morgan fingerprint density at radius 3 is 2.50 bits per heavy atom. The minimum atomic E-state index is -0.401. The monoisotopic (exact) mass is 421 g/mol. The smallest absolute Gasteiger partial charge is 0.337 e. The van der Waals surface area contributed by atoms with Crippen LogP contribution in [0.5, 0.6) is 5.75 Å². The van der Waals surface area contributed by atoms with Gasteiger partial charge in [-0.05, 0) is 54.5 Å². The van der Waals surface area contributed by atoms with Gasteiger partial charge in [0.2, 0.25) is 4.96 Å². The van der Waals surface area contributed by atoms with Crippen molar-refractivity contribution >= 4 is 28.3 Å². The highest BCUT2D eigenvalue weighted by Gasteiger charge is 2.12. The van der Waals surface area contributed by atoms with Crippen molar-refractivity contribution in [2.45, 2.75) is 13.3 Å². The van der Waals surface area contributed by atoms with Gasteiger partial charge in [0.1, 0.15) is 5.75 Å². The highest BCUT2D eigenvalue weighted by Crippen LogP contribution is 2.20. The van der Waals surface area contributed by atoms with Gasteiger partial charge in [0, 0.05) is 5.56 Å². The standard InChI is InChI=1S/C22H19N3O4S/c1-3-12-29-17-10-8-15(9-11-17)19-23-22-25(24-19)20(26)18(30-22)13-14-4-6-16(7-5-14)21(27)28-2/h4-11,13H,3,12H2,1-2H3. The molecule has 0 bridgehead atoms. The fourth-order valence-electron chi connectivity index (χ4n) is 2.86. The lowest BCUT2D eigenvalue weighted by Crippen LogP contribution is -2.23. The van der Waals surface area contributed by atoms with Crippen molar-refractivity contribution in [3.05, 3.63) is 74.5 Å². The van der Waals surface area contributed by atoms with E-state index >= 15 is 0 Å². The van der Waals surface area contributed by atoms with Crippen molar-refractivity contribution < 1.29 is 14.3 Å². The predicted molar refractivity (Wildman–Crippen MR) is 115 cm³/mol. The molecule has 0 amide bonds. The molecule has 152 valence electrons. The zero-order chi connectivity index (χ0) is 21.1. The van der Waals surface area contributed by atoms with Gasteiger partial charge in [-0.2, -0.15) is 9.50 Å². The number of carbonyl (C=O) groups is 1. The summed E-state index contributed by atoms with van der Waals surface area (Å²) in [6.07, 6.45) is 2.70. The van der Waals surface area contributed by atoms with Crippen LogP contribution >= 0.6 is 11.3 Å². The highest BCUT2D eigenvalue weighted by atomic mass is 32.1. The van der Waals surface area contributed by atoms with E-state index in [1.807, 2.05) is 24.3 Å². The average molecular weight is 421 g/mol. The number of ether oxygens (including phenoxy) is 2. The van der Waals surface area contributed by atoms with Gasteiger partial charge in [-0.1, -0.05) is 30.4 Å². The van der Waals surface area contributed by atoms with Crippen molar-refractivity contribution in [2.75, 3.05) is 13.7 Å². The number of rotatable bonds is 6. The Balaban J connectivity index is 1.61. The van der Waals surface area contributed by atoms with Crippen molar-refractivity contribution in [1.82, 2.24) is 14.6 Å². The molecule has 4 aromatic rings. The van der Waals surface area contributed by atoms with E-state index in [1.165, 1.54) is 23.0 Å². The van der Waals surface area contributed by atoms with Gasteiger partial charge < -0.3 is 9.47 Å². The summed E-state index contributed by atoms with van der Waals surface area (Å²) in [5.74, 6) is 0.887. The largest absolute Gasteiger partial charge is 0.494 e. The quantitative estimate of drug-likeness (QED) is 0.445. The number of fused-ring (bicyclic) bond motifs is 1. The number of hydrogen-bond acceptors (Lipinski definition) is 7. The molecule has 0 aliphatic rings. The first-order valence-electron chi connectivity index (χ1n) is 9.42. The van der Waals surface area contributed by atoms with Gasteiger partial charge in [0.15, 0.2) is 5.82 Å². The molecule has 30 heavy (non-hydrogen) atoms. The summed E-state index contributed by atoms with van der Waals surface area (Å²) in [4.78, 5) is 29.3. The third-order valence-electron chi connectivity index (χ3n) is 4.40. The minimum absolute atomic E-state index is 0.228. The van der Waals surface area contributed by atoms with Crippen LogP contribution in [0.4, 0.5) is 0 Å². The van der Waals surface area contributed by atoms with Crippen LogP contribution in [0.1, 0.15) is 29.3 Å². The fourth-order valence-corrected chi connectivity index (χ4v) is 3.77. The molecule has 8 heteroatoms. The van der Waals surface area contributed by atoms with Crippen LogP contribution in [0, 0.1) is 0 Å². The summed E-state index contributed by atoms with van der Waals surface area (Å²) in [6.45, 7) is 2.72. The summed E-state index contributed by atoms with van der Waals surface area (Å²) in [6, 6.07) is 14.3. The summed E-state index contributed by atoms with van der Waals surface area (Å²) in [5, 5.41) is 4.37. The van der Waals surface area contributed by atoms with Crippen LogP contribution in [-0.4, -0.2) is 34.3 Å². The maximum absolute atomic E-state index is 12.7. The number of nitrogens with zero attached hydrogens (tertiary/aromatic N) is 3. The fraction of sp³-hybridized carbons (Fsp3) is 0.182. The third kappa shape index (κ3) is 3.95. The Kier molecular flexibility index (Phi) is 5.58. The SMILES string of the molecule is CCCOc1ccc(-c2nc3sc(=Cc4ccc(C(=O)OC)cc4)c(=O)n3n2)cc1. The normalized spacial score (nSPS) is 11.7. The predicted octanol–water partition coefficient (Wildman–Crippen LogP) is 2.94. The molecule has 0 radical (unpaired) electrons. The van der Waals surface area contributed by atoms with Crippen LogP contribution in [0.3, 0.4) is 0 Å². The maximum Gasteiger partial charge on any atom is 0.337 e. The molecular weight excluding hydrogens is 402 g/mol. The average Bonchev–Trinajstić information content (AvgIpc) is 3.32. The molecule has 2 aromatic heterocycles. The number of carbonyl (C=O) groups excluding carboxylic acids is 1. The second-order valence-corrected chi connectivity index (χ2v) is 7.54. The van der Waals surface area contributed by atoms with Crippen LogP contribution in [0.25, 0.3) is 22.4 Å². The summed E-state index contributed by atoms with van der Waals surface area (Å²) in [5.41, 5.74) is 1.84. The number of esters is 1. The molecule has 0 atom stereocenters. The van der Waals surface area contributed by atoms with E-state index in [1.54, 1.807) is 30.3 Å². The molecule has 2 heterocycles. The summed E-state index contributed by atoms with van der Waals surface area (Å²) in [7, 11) is 1.34. The van der Waals surface area contributed by atoms with Crippen molar-refractivity contribution in [3.63, 3.8) is 0 Å². The van der Waals surface area contributed by atoms with E-state index in [0.29, 0.717) is 27.5 Å². The first-order chi connectivity index (χ1) is 14.6. The Bertz CT molecular complexity index is 1290. The summed E-state index contributed by atoms with van der Waals surface area (Å²) < 4.78 is 12.1. The van der Waals surface area contributed by atoms with Crippen LogP contribution in [-0.2, 0) is 4.74 Å². The summed E-state index contributed by atoms with van der Waals surface area (Å²) >= 11 is 1.27. The van der Waals surface area contributed by atoms with E-state index < -0.39 is 5.97 Å². The maximum atomic E-state index is 12.7. The van der Waals surface area contributed by atoms with Gasteiger partial charge in [-0.25, -0.2) is 4.79 Å². The van der Waals surface area contributed by atoms with E-state index in [4.69, 9.17) is 9.47 Å². The Morgan fingerprint density at radius 1 is 1.13 bits per heavy atom. The lowest BCUT2D eigenvalue weighted by atomic mass is 10.1. The highest BCUT2D eigenvalue weighted by molar-refractivity contribution is 7.15. The first kappa shape index (κ1) is 19.8. The van der Waals surface area contributed by atoms with E-state index in [2.05, 4.69) is 17.0 Å². The van der Waals surface area contributed by atoms with Gasteiger partial charge >= 0.3 is 5.97 Å². The van der Waals surface area contributed by atoms with Gasteiger partial charge in [0.25, 0.3) is 5.56 Å². The van der Waals surface area contributed by atoms with Crippen molar-refractivity contribution in [1.29, 1.82) is 0 Å². The van der Waals surface area contributed by atoms with Crippen LogP contribution in [0.2, 0.25) is 0 Å². The zero-order valence-electron chi connectivity index (χ0n) is 16.5. The molecule has 0 saturated carbocycles. The molecule has 4 rings (SSSR count). The minimum Gasteiger partial charge on any atom is -0.494 e. The zero-order valence-corrected chi connectivity index (χ0v) is 17.3. The molecule has 0 fully saturated rings. The molecule has 2 aromatic carbocycles. The van der Waals surface area contributed by atoms with E-state index in [9.17, 15) is 9.59 Å². The molecule has 0 unspecified atom stereocenters. The molecule has 0 spiro atoms. The van der Waals surface area contributed by atoms with Gasteiger partial charge in [0.05, 0.1) is 23.8 Å². The number of aromatic nitrogens is 3. The third-order valence-corrected chi connectivity index (χ3v) is 5.36. The molecule has 7 nitrogen and oxygen atoms in total. The lowest BCUT2D eigenvalue weighted by molar-refractivity contribution is 0.0600. The number of methoxy groups -OCH3 is 1. The molecular formula is C22H19N3O4S. The van der Waals surface area contributed by atoms with Crippen molar-refractivity contribution in [2.24, 2.45) is 0 Å². The van der Waals surface area contributed by atoms with E-state index in [-0.39, 0.29) is 5.56 Å². The Hall–Kier alpha value is -3.52. The number of thiazole rings is 1. The van der Waals surface area contributed by atoms with Crippen LogP contribution < -0.4 is 14.8 Å². The van der Waals surface area contributed by atoms with Gasteiger partial charge in [-0.3, -0.25) is 4.79 Å². The Morgan fingerprint density at radius 2 is 1.87 bits per heavy atom.